The first-order valence-electron chi connectivity index (χ1n) is 12.8. The third kappa shape index (κ3) is 5.01. The lowest BCUT2D eigenvalue weighted by Gasteiger charge is -2.37. The van der Waals surface area contributed by atoms with Crippen LogP contribution >= 0.6 is 11.3 Å². The van der Waals surface area contributed by atoms with E-state index in [0.717, 1.165) is 83.2 Å². The molecule has 2 aromatic rings. The number of thiophene rings is 1. The van der Waals surface area contributed by atoms with E-state index in [4.69, 9.17) is 4.74 Å². The molecule has 1 fully saturated rings. The maximum Gasteiger partial charge on any atom is 0.341 e. The summed E-state index contributed by atoms with van der Waals surface area (Å²) in [5, 5.41) is 3.78. The average molecular weight is 482 g/mol. The Morgan fingerprint density at radius 2 is 1.91 bits per heavy atom. The average Bonchev–Trinajstić information content (AvgIpc) is 3.22. The van der Waals surface area contributed by atoms with Crippen molar-refractivity contribution >= 4 is 28.3 Å². The zero-order valence-corrected chi connectivity index (χ0v) is 20.9. The van der Waals surface area contributed by atoms with Gasteiger partial charge in [0.2, 0.25) is 0 Å². The molecule has 34 heavy (non-hydrogen) atoms. The number of carbonyl (C=O) groups is 2. The molecule has 0 spiro atoms. The Labute approximate surface area is 206 Å². The number of ether oxygens (including phenoxy) is 1. The smallest absolute Gasteiger partial charge is 0.341 e. The number of hydrogen-bond acceptors (Lipinski definition) is 5. The van der Waals surface area contributed by atoms with E-state index in [2.05, 4.69) is 34.5 Å². The van der Waals surface area contributed by atoms with Crippen molar-refractivity contribution in [1.82, 2.24) is 9.80 Å². The van der Waals surface area contributed by atoms with Crippen molar-refractivity contribution in [2.75, 3.05) is 38.1 Å². The van der Waals surface area contributed by atoms with Gasteiger partial charge in [-0.2, -0.15) is 0 Å². The molecule has 6 nitrogen and oxygen atoms in total. The number of likely N-dealkylation sites (tertiary alicyclic amines) is 1. The van der Waals surface area contributed by atoms with Crippen LogP contribution in [0, 0.1) is 5.92 Å². The molecule has 2 amide bonds. The van der Waals surface area contributed by atoms with Gasteiger partial charge in [0.25, 0.3) is 0 Å². The van der Waals surface area contributed by atoms with Crippen molar-refractivity contribution in [2.45, 2.75) is 58.4 Å². The molecule has 1 atom stereocenters. The van der Waals surface area contributed by atoms with Gasteiger partial charge in [-0.05, 0) is 74.5 Å². The highest BCUT2D eigenvalue weighted by Gasteiger charge is 2.30. The number of carbonyl (C=O) groups excluding carboxylic acids is 2. The summed E-state index contributed by atoms with van der Waals surface area (Å²) in [6, 6.07) is 8.65. The normalized spacial score (nSPS) is 20.4. The summed E-state index contributed by atoms with van der Waals surface area (Å²) in [5.74, 6) is 0.171. The van der Waals surface area contributed by atoms with Gasteiger partial charge in [-0.15, -0.1) is 11.3 Å². The van der Waals surface area contributed by atoms with E-state index >= 15 is 0 Å². The summed E-state index contributed by atoms with van der Waals surface area (Å²) >= 11 is 1.56. The van der Waals surface area contributed by atoms with E-state index in [1.807, 2.05) is 11.8 Å². The molecule has 1 unspecified atom stereocenters. The Kier molecular flexibility index (Phi) is 7.21. The monoisotopic (exact) mass is 481 g/mol. The fourth-order valence-electron chi connectivity index (χ4n) is 5.72. The van der Waals surface area contributed by atoms with Crippen LogP contribution in [0.5, 0.6) is 0 Å². The second-order valence-corrected chi connectivity index (χ2v) is 10.9. The van der Waals surface area contributed by atoms with Crippen LogP contribution in [0.25, 0.3) is 0 Å². The van der Waals surface area contributed by atoms with Crippen molar-refractivity contribution in [3.05, 3.63) is 51.4 Å². The third-order valence-corrected chi connectivity index (χ3v) is 8.61. The molecule has 7 heteroatoms. The molecule has 1 aromatic heterocycles. The molecule has 182 valence electrons. The molecule has 3 aliphatic rings. The Hall–Kier alpha value is -2.38. The van der Waals surface area contributed by atoms with Gasteiger partial charge in [-0.25, -0.2) is 9.59 Å². The van der Waals surface area contributed by atoms with Crippen LogP contribution in [-0.2, 0) is 30.5 Å². The lowest BCUT2D eigenvalue weighted by Crippen LogP contribution is -2.46. The number of rotatable bonds is 5. The van der Waals surface area contributed by atoms with Crippen LogP contribution in [-0.4, -0.2) is 54.6 Å². The number of anilines is 1. The first kappa shape index (κ1) is 23.4. The summed E-state index contributed by atoms with van der Waals surface area (Å²) < 4.78 is 5.34. The predicted molar refractivity (Wildman–Crippen MR) is 136 cm³/mol. The van der Waals surface area contributed by atoms with Gasteiger partial charge in [-0.3, -0.25) is 10.2 Å². The van der Waals surface area contributed by atoms with Gasteiger partial charge in [0, 0.05) is 37.6 Å². The molecule has 1 aliphatic carbocycles. The van der Waals surface area contributed by atoms with Gasteiger partial charge in [0.05, 0.1) is 12.2 Å². The summed E-state index contributed by atoms with van der Waals surface area (Å²) in [6.07, 6.45) is 7.37. The number of urea groups is 1. The molecule has 0 bridgehead atoms. The molecule has 1 aromatic carbocycles. The lowest BCUT2D eigenvalue weighted by molar-refractivity contribution is 0.0526. The van der Waals surface area contributed by atoms with Crippen molar-refractivity contribution in [3.63, 3.8) is 0 Å². The van der Waals surface area contributed by atoms with E-state index < -0.39 is 0 Å². The second-order valence-electron chi connectivity index (χ2n) is 9.77. The number of hydrogen-bond donors (Lipinski definition) is 1. The number of piperidine rings is 1. The zero-order chi connectivity index (χ0) is 23.5. The van der Waals surface area contributed by atoms with Crippen LogP contribution in [0.3, 0.4) is 0 Å². The SMILES string of the molecule is CCOC(=O)c1c(NC(=O)N2CCCC(CN3CCc4ccccc4C3)C2)sc2c1CCCC2. The maximum atomic E-state index is 13.3. The summed E-state index contributed by atoms with van der Waals surface area (Å²) in [4.78, 5) is 31.7. The molecule has 3 heterocycles. The standard InChI is InChI=1S/C27H35N3O3S/c1-2-33-26(31)24-22-11-5-6-12-23(22)34-25(24)28-27(32)30-14-7-8-19(17-30)16-29-15-13-20-9-3-4-10-21(20)18-29/h3-4,9-10,19H,2,5-8,11-18H2,1H3,(H,28,32). The Balaban J connectivity index is 1.23. The molecule has 0 radical (unpaired) electrons. The predicted octanol–water partition coefficient (Wildman–Crippen LogP) is 5.11. The third-order valence-electron chi connectivity index (χ3n) is 7.40. The Morgan fingerprint density at radius 3 is 2.76 bits per heavy atom. The molecular formula is C27H35N3O3S. The number of nitrogens with one attached hydrogen (secondary N) is 1. The van der Waals surface area contributed by atoms with Crippen molar-refractivity contribution in [2.24, 2.45) is 5.92 Å². The van der Waals surface area contributed by atoms with Crippen molar-refractivity contribution in [3.8, 4) is 0 Å². The van der Waals surface area contributed by atoms with Crippen LogP contribution in [0.1, 0.15) is 64.5 Å². The van der Waals surface area contributed by atoms with E-state index in [9.17, 15) is 9.59 Å². The molecule has 1 saturated heterocycles. The topological polar surface area (TPSA) is 61.9 Å². The van der Waals surface area contributed by atoms with Crippen molar-refractivity contribution in [1.29, 1.82) is 0 Å². The highest BCUT2D eigenvalue weighted by atomic mass is 32.1. The van der Waals surface area contributed by atoms with E-state index in [1.165, 1.54) is 16.0 Å². The van der Waals surface area contributed by atoms with Crippen LogP contribution in [0.4, 0.5) is 9.80 Å². The van der Waals surface area contributed by atoms with Gasteiger partial charge in [-0.1, -0.05) is 24.3 Å². The number of benzene rings is 1. The van der Waals surface area contributed by atoms with E-state index in [1.54, 1.807) is 11.3 Å². The maximum absolute atomic E-state index is 13.3. The summed E-state index contributed by atoms with van der Waals surface area (Å²) in [5.41, 5.74) is 4.59. The summed E-state index contributed by atoms with van der Waals surface area (Å²) in [7, 11) is 0. The summed E-state index contributed by atoms with van der Waals surface area (Å²) in [6.45, 7) is 6.82. The number of nitrogens with zero attached hydrogens (tertiary/aromatic N) is 2. The molecule has 2 aliphatic heterocycles. The lowest BCUT2D eigenvalue weighted by atomic mass is 9.95. The Morgan fingerprint density at radius 1 is 1.09 bits per heavy atom. The number of fused-ring (bicyclic) bond motifs is 2. The highest BCUT2D eigenvalue weighted by molar-refractivity contribution is 7.17. The van der Waals surface area contributed by atoms with Crippen LogP contribution < -0.4 is 5.32 Å². The molecule has 0 saturated carbocycles. The van der Waals surface area contributed by atoms with Crippen LogP contribution in [0.15, 0.2) is 24.3 Å². The minimum atomic E-state index is -0.306. The number of esters is 1. The highest BCUT2D eigenvalue weighted by Crippen LogP contribution is 2.39. The van der Waals surface area contributed by atoms with Crippen LogP contribution in [0.2, 0.25) is 0 Å². The first-order chi connectivity index (χ1) is 16.6. The fourth-order valence-corrected chi connectivity index (χ4v) is 6.99. The quantitative estimate of drug-likeness (QED) is 0.603. The first-order valence-corrected chi connectivity index (χ1v) is 13.6. The fraction of sp³-hybridized carbons (Fsp3) is 0.556. The van der Waals surface area contributed by atoms with Crippen molar-refractivity contribution < 1.29 is 14.3 Å². The van der Waals surface area contributed by atoms with E-state index in [0.29, 0.717) is 23.1 Å². The molecule has 5 rings (SSSR count). The second kappa shape index (κ2) is 10.5. The largest absolute Gasteiger partial charge is 0.462 e. The van der Waals surface area contributed by atoms with Gasteiger partial charge in [0.1, 0.15) is 5.00 Å². The van der Waals surface area contributed by atoms with Gasteiger partial charge in [0.15, 0.2) is 0 Å². The molecule has 1 N–H and O–H groups in total. The Bertz CT molecular complexity index is 1050. The number of amides is 2. The van der Waals surface area contributed by atoms with E-state index in [-0.39, 0.29) is 12.0 Å². The van der Waals surface area contributed by atoms with Gasteiger partial charge < -0.3 is 9.64 Å². The molecular weight excluding hydrogens is 446 g/mol. The van der Waals surface area contributed by atoms with Gasteiger partial charge >= 0.3 is 12.0 Å². The zero-order valence-electron chi connectivity index (χ0n) is 20.1. The number of aryl methyl sites for hydroxylation is 1. The minimum Gasteiger partial charge on any atom is -0.462 e. The minimum absolute atomic E-state index is 0.0853.